The van der Waals surface area contributed by atoms with Crippen molar-refractivity contribution in [2.24, 2.45) is 17.7 Å². The van der Waals surface area contributed by atoms with Crippen molar-refractivity contribution in [3.63, 3.8) is 0 Å². The molecule has 1 aromatic rings. The minimum atomic E-state index is -0.214. The number of rotatable bonds is 3. The van der Waals surface area contributed by atoms with Crippen LogP contribution >= 0.6 is 0 Å². The molecule has 0 radical (unpaired) electrons. The summed E-state index contributed by atoms with van der Waals surface area (Å²) in [5.41, 5.74) is 4.86. The Bertz CT molecular complexity index is 452. The van der Waals surface area contributed by atoms with Gasteiger partial charge in [0.2, 0.25) is 0 Å². The van der Waals surface area contributed by atoms with E-state index in [0.29, 0.717) is 5.92 Å². The molecule has 0 saturated carbocycles. The predicted octanol–water partition coefficient (Wildman–Crippen LogP) is 2.70. The Labute approximate surface area is 114 Å². The zero-order valence-corrected chi connectivity index (χ0v) is 12.0. The van der Waals surface area contributed by atoms with Gasteiger partial charge in [0.15, 0.2) is 0 Å². The smallest absolute Gasteiger partial charge is 0.123 e. The topological polar surface area (TPSA) is 47.3 Å². The SMILES string of the molecule is Cc1cc(F)ccc1C(NN)C1C(C)OC(C)C1C. The summed E-state index contributed by atoms with van der Waals surface area (Å²) in [6, 6.07) is 4.84. The van der Waals surface area contributed by atoms with Gasteiger partial charge in [-0.1, -0.05) is 13.0 Å². The Hall–Kier alpha value is -0.970. The molecule has 0 aromatic heterocycles. The minimum Gasteiger partial charge on any atom is -0.375 e. The van der Waals surface area contributed by atoms with Gasteiger partial charge in [0.1, 0.15) is 5.82 Å². The number of halogens is 1. The standard InChI is InChI=1S/C15H23FN2O/c1-8-7-12(16)5-6-13(8)15(18-17)14-9(2)10(3)19-11(14)4/h5-7,9-11,14-15,18H,17H2,1-4H3. The first-order chi connectivity index (χ1) is 8.95. The van der Waals surface area contributed by atoms with Crippen LogP contribution in [0.1, 0.15) is 37.9 Å². The van der Waals surface area contributed by atoms with E-state index in [9.17, 15) is 4.39 Å². The van der Waals surface area contributed by atoms with E-state index in [2.05, 4.69) is 26.2 Å². The monoisotopic (exact) mass is 266 g/mol. The molecule has 0 bridgehead atoms. The fourth-order valence-corrected chi connectivity index (χ4v) is 3.26. The second-order valence-corrected chi connectivity index (χ2v) is 5.63. The van der Waals surface area contributed by atoms with E-state index in [-0.39, 0.29) is 30.0 Å². The van der Waals surface area contributed by atoms with Gasteiger partial charge >= 0.3 is 0 Å². The lowest BCUT2D eigenvalue weighted by atomic mass is 9.80. The summed E-state index contributed by atoms with van der Waals surface area (Å²) in [4.78, 5) is 0. The quantitative estimate of drug-likeness (QED) is 0.653. The van der Waals surface area contributed by atoms with Crippen LogP contribution in [0.25, 0.3) is 0 Å². The molecule has 0 amide bonds. The molecule has 5 unspecified atom stereocenters. The van der Waals surface area contributed by atoms with Gasteiger partial charge in [-0.25, -0.2) is 4.39 Å². The highest BCUT2D eigenvalue weighted by Gasteiger charge is 2.42. The average Bonchev–Trinajstić information content (AvgIpc) is 2.59. The molecular weight excluding hydrogens is 243 g/mol. The average molecular weight is 266 g/mol. The molecular formula is C15H23FN2O. The largest absolute Gasteiger partial charge is 0.375 e. The van der Waals surface area contributed by atoms with Gasteiger partial charge in [-0.15, -0.1) is 0 Å². The summed E-state index contributed by atoms with van der Waals surface area (Å²) in [6.45, 7) is 8.26. The maximum Gasteiger partial charge on any atom is 0.123 e. The van der Waals surface area contributed by atoms with Crippen molar-refractivity contribution < 1.29 is 9.13 Å². The third kappa shape index (κ3) is 2.66. The van der Waals surface area contributed by atoms with Crippen LogP contribution in [-0.2, 0) is 4.74 Å². The second kappa shape index (κ2) is 5.57. The molecule has 1 fully saturated rings. The Balaban J connectivity index is 2.34. The van der Waals surface area contributed by atoms with Gasteiger partial charge in [0, 0.05) is 5.92 Å². The summed E-state index contributed by atoms with van der Waals surface area (Å²) >= 11 is 0. The highest BCUT2D eigenvalue weighted by atomic mass is 19.1. The molecule has 1 aliphatic rings. The van der Waals surface area contributed by atoms with Gasteiger partial charge in [-0.05, 0) is 49.9 Å². The Morgan fingerprint density at radius 3 is 2.42 bits per heavy atom. The number of benzene rings is 1. The maximum atomic E-state index is 13.2. The van der Waals surface area contributed by atoms with Crippen molar-refractivity contribution >= 4 is 0 Å². The summed E-state index contributed by atoms with van der Waals surface area (Å²) in [7, 11) is 0. The van der Waals surface area contributed by atoms with Crippen LogP contribution < -0.4 is 11.3 Å². The minimum absolute atomic E-state index is 0.0180. The van der Waals surface area contributed by atoms with Crippen molar-refractivity contribution in [1.29, 1.82) is 0 Å². The second-order valence-electron chi connectivity index (χ2n) is 5.63. The van der Waals surface area contributed by atoms with Crippen LogP contribution in [-0.4, -0.2) is 12.2 Å². The summed E-state index contributed by atoms with van der Waals surface area (Å²) < 4.78 is 19.1. The van der Waals surface area contributed by atoms with Gasteiger partial charge in [0.05, 0.1) is 18.2 Å². The van der Waals surface area contributed by atoms with Crippen molar-refractivity contribution in [1.82, 2.24) is 5.43 Å². The fraction of sp³-hybridized carbons (Fsp3) is 0.600. The van der Waals surface area contributed by atoms with Crippen LogP contribution in [0.15, 0.2) is 18.2 Å². The fourth-order valence-electron chi connectivity index (χ4n) is 3.26. The number of nitrogens with two attached hydrogens (primary N) is 1. The predicted molar refractivity (Wildman–Crippen MR) is 73.9 cm³/mol. The number of hydrogen-bond acceptors (Lipinski definition) is 3. The van der Waals surface area contributed by atoms with Crippen LogP contribution in [0.2, 0.25) is 0 Å². The zero-order chi connectivity index (χ0) is 14.2. The molecule has 3 N–H and O–H groups in total. The molecule has 3 nitrogen and oxygen atoms in total. The van der Waals surface area contributed by atoms with Crippen LogP contribution in [0.3, 0.4) is 0 Å². The van der Waals surface area contributed by atoms with E-state index in [0.717, 1.165) is 11.1 Å². The highest BCUT2D eigenvalue weighted by Crippen LogP contribution is 2.40. The van der Waals surface area contributed by atoms with Gasteiger partial charge in [-0.3, -0.25) is 11.3 Å². The van der Waals surface area contributed by atoms with Crippen LogP contribution in [0, 0.1) is 24.6 Å². The first-order valence-corrected chi connectivity index (χ1v) is 6.83. The molecule has 19 heavy (non-hydrogen) atoms. The number of ether oxygens (including phenoxy) is 1. The van der Waals surface area contributed by atoms with Gasteiger partial charge in [0.25, 0.3) is 0 Å². The Morgan fingerprint density at radius 1 is 1.26 bits per heavy atom. The molecule has 2 rings (SSSR count). The molecule has 0 spiro atoms. The highest BCUT2D eigenvalue weighted by molar-refractivity contribution is 5.30. The third-order valence-electron chi connectivity index (χ3n) is 4.45. The van der Waals surface area contributed by atoms with Crippen molar-refractivity contribution in [3.05, 3.63) is 35.1 Å². The van der Waals surface area contributed by atoms with Crippen molar-refractivity contribution in [2.45, 2.75) is 45.9 Å². The van der Waals surface area contributed by atoms with Gasteiger partial charge < -0.3 is 4.74 Å². The van der Waals surface area contributed by atoms with Crippen molar-refractivity contribution in [3.8, 4) is 0 Å². The molecule has 1 aliphatic heterocycles. The first-order valence-electron chi connectivity index (χ1n) is 6.83. The van der Waals surface area contributed by atoms with Gasteiger partial charge in [-0.2, -0.15) is 0 Å². The van der Waals surface area contributed by atoms with E-state index in [4.69, 9.17) is 10.6 Å². The van der Waals surface area contributed by atoms with Crippen LogP contribution in [0.5, 0.6) is 0 Å². The van der Waals surface area contributed by atoms with E-state index in [1.807, 2.05) is 13.0 Å². The number of hydrogen-bond donors (Lipinski definition) is 2. The first kappa shape index (κ1) is 14.4. The van der Waals surface area contributed by atoms with Crippen LogP contribution in [0.4, 0.5) is 4.39 Å². The number of nitrogens with one attached hydrogen (secondary N) is 1. The summed E-state index contributed by atoms with van der Waals surface area (Å²) in [5, 5.41) is 0. The number of aryl methyl sites for hydroxylation is 1. The van der Waals surface area contributed by atoms with E-state index >= 15 is 0 Å². The lowest BCUT2D eigenvalue weighted by molar-refractivity contribution is 0.0474. The van der Waals surface area contributed by atoms with E-state index in [1.165, 1.54) is 6.07 Å². The third-order valence-corrected chi connectivity index (χ3v) is 4.45. The molecule has 1 aromatic carbocycles. The molecule has 1 saturated heterocycles. The van der Waals surface area contributed by atoms with E-state index in [1.54, 1.807) is 6.07 Å². The Morgan fingerprint density at radius 2 is 1.95 bits per heavy atom. The number of hydrazine groups is 1. The molecule has 1 heterocycles. The summed E-state index contributed by atoms with van der Waals surface area (Å²) in [6.07, 6.45) is 0.354. The molecule has 106 valence electrons. The zero-order valence-electron chi connectivity index (χ0n) is 12.0. The lowest BCUT2D eigenvalue weighted by Gasteiger charge is -2.29. The molecule has 0 aliphatic carbocycles. The Kier molecular flexibility index (Phi) is 4.23. The lowest BCUT2D eigenvalue weighted by Crippen LogP contribution is -2.39. The van der Waals surface area contributed by atoms with Crippen molar-refractivity contribution in [2.75, 3.05) is 0 Å². The molecule has 5 atom stereocenters. The normalized spacial score (nSPS) is 32.5. The van der Waals surface area contributed by atoms with E-state index < -0.39 is 0 Å². The maximum absolute atomic E-state index is 13.2. The molecule has 4 heteroatoms. The summed E-state index contributed by atoms with van der Waals surface area (Å²) in [5.74, 6) is 6.23.